The lowest BCUT2D eigenvalue weighted by atomic mass is 10.4. The molecule has 0 aromatic heterocycles. The zero-order chi connectivity index (χ0) is 9.52. The number of hydrogen-bond acceptors (Lipinski definition) is 4. The Bertz CT molecular complexity index is 127. The molecule has 1 unspecified atom stereocenters. The Morgan fingerprint density at radius 1 is 1.46 bits per heavy atom. The van der Waals surface area contributed by atoms with E-state index < -0.39 is 0 Å². The minimum absolute atomic E-state index is 0.225. The molecule has 0 spiro atoms. The van der Waals surface area contributed by atoms with Gasteiger partial charge in [0, 0.05) is 44.2 Å². The highest BCUT2D eigenvalue weighted by molar-refractivity contribution is 7.99. The number of aliphatic hydroxyl groups is 1. The van der Waals surface area contributed by atoms with Gasteiger partial charge in [-0.2, -0.15) is 11.8 Å². The van der Waals surface area contributed by atoms with Gasteiger partial charge in [-0.1, -0.05) is 0 Å². The van der Waals surface area contributed by atoms with E-state index in [1.807, 2.05) is 18.7 Å². The summed E-state index contributed by atoms with van der Waals surface area (Å²) in [5.74, 6) is 2.55. The van der Waals surface area contributed by atoms with Crippen molar-refractivity contribution >= 4 is 11.8 Å². The zero-order valence-corrected chi connectivity index (χ0v) is 9.15. The smallest absolute Gasteiger partial charge is 0.0636 e. The summed E-state index contributed by atoms with van der Waals surface area (Å²) < 4.78 is 0. The molecule has 0 radical (unpaired) electrons. The van der Waals surface area contributed by atoms with Crippen LogP contribution in [0.5, 0.6) is 0 Å². The molecular formula is C9H20N2OS. The topological polar surface area (TPSA) is 35.5 Å². The van der Waals surface area contributed by atoms with Crippen LogP contribution in [0, 0.1) is 0 Å². The Balaban J connectivity index is 1.92. The van der Waals surface area contributed by atoms with E-state index in [2.05, 4.69) is 10.2 Å². The Morgan fingerprint density at radius 3 is 2.77 bits per heavy atom. The number of thioether (sulfide) groups is 1. The van der Waals surface area contributed by atoms with E-state index in [4.69, 9.17) is 5.11 Å². The van der Waals surface area contributed by atoms with Crippen molar-refractivity contribution < 1.29 is 5.11 Å². The fourth-order valence-corrected chi connectivity index (χ4v) is 2.35. The van der Waals surface area contributed by atoms with Gasteiger partial charge >= 0.3 is 0 Å². The van der Waals surface area contributed by atoms with Crippen molar-refractivity contribution in [3.05, 3.63) is 0 Å². The molecule has 13 heavy (non-hydrogen) atoms. The summed E-state index contributed by atoms with van der Waals surface area (Å²) in [6.45, 7) is 7.08. The summed E-state index contributed by atoms with van der Waals surface area (Å²) in [5, 5.41) is 12.2. The summed E-state index contributed by atoms with van der Waals surface area (Å²) in [6.07, 6.45) is -0.225. The van der Waals surface area contributed by atoms with Crippen LogP contribution in [0.1, 0.15) is 6.92 Å². The molecule has 1 rings (SSSR count). The largest absolute Gasteiger partial charge is 0.392 e. The highest BCUT2D eigenvalue weighted by Crippen LogP contribution is 2.07. The lowest BCUT2D eigenvalue weighted by Crippen LogP contribution is -2.39. The standard InChI is InChI=1S/C9H20N2OS/c1-9(12)8-10-2-3-11-4-6-13-7-5-11/h9-10,12H,2-8H2,1H3. The molecule has 1 atom stereocenters. The second-order valence-electron chi connectivity index (χ2n) is 3.51. The quantitative estimate of drug-likeness (QED) is 0.618. The van der Waals surface area contributed by atoms with Gasteiger partial charge in [0.2, 0.25) is 0 Å². The van der Waals surface area contributed by atoms with Crippen LogP contribution >= 0.6 is 11.8 Å². The van der Waals surface area contributed by atoms with E-state index in [1.54, 1.807) is 0 Å². The van der Waals surface area contributed by atoms with Gasteiger partial charge in [-0.15, -0.1) is 0 Å². The van der Waals surface area contributed by atoms with Crippen molar-refractivity contribution in [2.45, 2.75) is 13.0 Å². The number of rotatable bonds is 5. The van der Waals surface area contributed by atoms with Gasteiger partial charge in [0.15, 0.2) is 0 Å². The molecule has 1 fully saturated rings. The average Bonchev–Trinajstić information content (AvgIpc) is 2.14. The van der Waals surface area contributed by atoms with Crippen LogP contribution in [0.15, 0.2) is 0 Å². The number of nitrogens with zero attached hydrogens (tertiary/aromatic N) is 1. The van der Waals surface area contributed by atoms with Gasteiger partial charge in [-0.05, 0) is 6.92 Å². The molecule has 0 saturated carbocycles. The first kappa shape index (κ1) is 11.3. The molecule has 0 bridgehead atoms. The molecule has 1 aliphatic rings. The van der Waals surface area contributed by atoms with Crippen LogP contribution in [0.25, 0.3) is 0 Å². The molecule has 0 aromatic carbocycles. The minimum Gasteiger partial charge on any atom is -0.392 e. The summed E-state index contributed by atoms with van der Waals surface area (Å²) in [4.78, 5) is 2.48. The van der Waals surface area contributed by atoms with Crippen molar-refractivity contribution in [1.29, 1.82) is 0 Å². The van der Waals surface area contributed by atoms with Crippen molar-refractivity contribution in [2.24, 2.45) is 0 Å². The normalized spacial score (nSPS) is 21.7. The second kappa shape index (κ2) is 6.65. The summed E-state index contributed by atoms with van der Waals surface area (Å²) in [5.41, 5.74) is 0. The third-order valence-electron chi connectivity index (χ3n) is 2.15. The Labute approximate surface area is 84.9 Å². The lowest BCUT2D eigenvalue weighted by Gasteiger charge is -2.26. The molecule has 2 N–H and O–H groups in total. The number of aliphatic hydroxyl groups excluding tert-OH is 1. The summed E-state index contributed by atoms with van der Waals surface area (Å²) in [6, 6.07) is 0. The predicted molar refractivity (Wildman–Crippen MR) is 58.3 cm³/mol. The fraction of sp³-hybridized carbons (Fsp3) is 1.00. The third kappa shape index (κ3) is 5.52. The minimum atomic E-state index is -0.225. The first-order valence-corrected chi connectivity index (χ1v) is 6.13. The zero-order valence-electron chi connectivity index (χ0n) is 8.33. The molecular weight excluding hydrogens is 184 g/mol. The van der Waals surface area contributed by atoms with E-state index in [-0.39, 0.29) is 6.10 Å². The van der Waals surface area contributed by atoms with Crippen LogP contribution < -0.4 is 5.32 Å². The van der Waals surface area contributed by atoms with Crippen molar-refractivity contribution in [3.8, 4) is 0 Å². The molecule has 0 aliphatic carbocycles. The van der Waals surface area contributed by atoms with Gasteiger partial charge in [0.1, 0.15) is 0 Å². The van der Waals surface area contributed by atoms with Crippen LogP contribution in [0.4, 0.5) is 0 Å². The highest BCUT2D eigenvalue weighted by Gasteiger charge is 2.08. The maximum absolute atomic E-state index is 9.01. The van der Waals surface area contributed by atoms with E-state index in [9.17, 15) is 0 Å². The van der Waals surface area contributed by atoms with E-state index in [0.29, 0.717) is 6.54 Å². The van der Waals surface area contributed by atoms with Crippen molar-refractivity contribution in [2.75, 3.05) is 44.2 Å². The van der Waals surface area contributed by atoms with Crippen molar-refractivity contribution in [3.63, 3.8) is 0 Å². The van der Waals surface area contributed by atoms with Crippen LogP contribution in [0.3, 0.4) is 0 Å². The van der Waals surface area contributed by atoms with Gasteiger partial charge in [0.05, 0.1) is 6.10 Å². The fourth-order valence-electron chi connectivity index (χ4n) is 1.37. The maximum atomic E-state index is 9.01. The van der Waals surface area contributed by atoms with E-state index >= 15 is 0 Å². The van der Waals surface area contributed by atoms with Gasteiger partial charge < -0.3 is 15.3 Å². The van der Waals surface area contributed by atoms with E-state index in [1.165, 1.54) is 24.6 Å². The second-order valence-corrected chi connectivity index (χ2v) is 4.73. The molecule has 0 aromatic rings. The maximum Gasteiger partial charge on any atom is 0.0636 e. The van der Waals surface area contributed by atoms with Gasteiger partial charge in [-0.25, -0.2) is 0 Å². The van der Waals surface area contributed by atoms with Crippen LogP contribution in [0.2, 0.25) is 0 Å². The Kier molecular flexibility index (Phi) is 5.78. The van der Waals surface area contributed by atoms with Crippen LogP contribution in [-0.2, 0) is 0 Å². The Hall–Kier alpha value is 0.230. The third-order valence-corrected chi connectivity index (χ3v) is 3.09. The number of nitrogens with one attached hydrogen (secondary N) is 1. The highest BCUT2D eigenvalue weighted by atomic mass is 32.2. The molecule has 4 heteroatoms. The Morgan fingerprint density at radius 2 is 2.15 bits per heavy atom. The monoisotopic (exact) mass is 204 g/mol. The molecule has 1 aliphatic heterocycles. The molecule has 3 nitrogen and oxygen atoms in total. The van der Waals surface area contributed by atoms with E-state index in [0.717, 1.165) is 13.1 Å². The first-order chi connectivity index (χ1) is 6.29. The molecule has 78 valence electrons. The lowest BCUT2D eigenvalue weighted by molar-refractivity contribution is 0.188. The van der Waals surface area contributed by atoms with Gasteiger partial charge in [-0.3, -0.25) is 0 Å². The van der Waals surface area contributed by atoms with Crippen molar-refractivity contribution in [1.82, 2.24) is 10.2 Å². The SMILES string of the molecule is CC(O)CNCCN1CCSCC1. The number of hydrogen-bond donors (Lipinski definition) is 2. The molecule has 1 heterocycles. The first-order valence-electron chi connectivity index (χ1n) is 4.98. The van der Waals surface area contributed by atoms with Gasteiger partial charge in [0.25, 0.3) is 0 Å². The summed E-state index contributed by atoms with van der Waals surface area (Å²) in [7, 11) is 0. The van der Waals surface area contributed by atoms with Crippen LogP contribution in [-0.4, -0.2) is 60.3 Å². The summed E-state index contributed by atoms with van der Waals surface area (Å²) >= 11 is 2.04. The molecule has 1 saturated heterocycles. The molecule has 0 amide bonds. The predicted octanol–water partition coefficient (Wildman–Crippen LogP) is 0.00560. The average molecular weight is 204 g/mol.